The van der Waals surface area contributed by atoms with Crippen LogP contribution in [0.15, 0.2) is 29.8 Å². The zero-order valence-electron chi connectivity index (χ0n) is 21.0. The highest BCUT2D eigenvalue weighted by atomic mass is 28.4. The molecule has 1 aromatic carbocycles. The number of hydrogen-bond donors (Lipinski definition) is 0. The SMILES string of the molecule is CC(C)(C)[Si](C)(C)O[C@H]1CC[C@H]2C3=CCc4cc([Si](C)(C)C)ccc4[C@@H]3CC[C@]12C. The summed E-state index contributed by atoms with van der Waals surface area (Å²) in [6, 6.07) is 7.52. The van der Waals surface area contributed by atoms with Crippen molar-refractivity contribution < 1.29 is 4.43 Å². The Hall–Kier alpha value is -0.646. The molecule has 0 N–H and O–H groups in total. The minimum Gasteiger partial charge on any atom is -0.413 e. The quantitative estimate of drug-likeness (QED) is 0.351. The van der Waals surface area contributed by atoms with Gasteiger partial charge in [-0.25, -0.2) is 0 Å². The second kappa shape index (κ2) is 7.18. The topological polar surface area (TPSA) is 9.23 Å². The van der Waals surface area contributed by atoms with Gasteiger partial charge < -0.3 is 4.43 Å². The first-order valence-electron chi connectivity index (χ1n) is 12.3. The average molecular weight is 441 g/mol. The second-order valence-corrected chi connectivity index (χ2v) is 23.0. The Kier molecular flexibility index (Phi) is 5.40. The van der Waals surface area contributed by atoms with E-state index in [1.54, 1.807) is 21.9 Å². The lowest BCUT2D eigenvalue weighted by Crippen LogP contribution is -2.49. The van der Waals surface area contributed by atoms with Crippen LogP contribution in [0.3, 0.4) is 0 Å². The third-order valence-corrected chi connectivity index (χ3v) is 15.7. The molecule has 1 nitrogen and oxygen atoms in total. The highest BCUT2D eigenvalue weighted by Crippen LogP contribution is 2.61. The highest BCUT2D eigenvalue weighted by Gasteiger charge is 2.55. The molecule has 2 saturated carbocycles. The van der Waals surface area contributed by atoms with Gasteiger partial charge in [0.25, 0.3) is 0 Å². The lowest BCUT2D eigenvalue weighted by atomic mass is 9.59. The lowest BCUT2D eigenvalue weighted by Gasteiger charge is -2.49. The normalized spacial score (nSPS) is 31.6. The van der Waals surface area contributed by atoms with Crippen molar-refractivity contribution in [2.45, 2.75) is 110 Å². The maximum atomic E-state index is 7.05. The molecule has 3 aliphatic carbocycles. The van der Waals surface area contributed by atoms with E-state index >= 15 is 0 Å². The van der Waals surface area contributed by atoms with E-state index in [0.29, 0.717) is 17.4 Å². The Morgan fingerprint density at radius 3 is 2.33 bits per heavy atom. The fourth-order valence-electron chi connectivity index (χ4n) is 6.11. The van der Waals surface area contributed by atoms with Gasteiger partial charge in [-0.05, 0) is 72.7 Å². The smallest absolute Gasteiger partial charge is 0.192 e. The fourth-order valence-corrected chi connectivity index (χ4v) is 8.75. The maximum absolute atomic E-state index is 7.05. The van der Waals surface area contributed by atoms with Gasteiger partial charge in [-0.3, -0.25) is 0 Å². The maximum Gasteiger partial charge on any atom is 0.192 e. The fraction of sp³-hybridized carbons (Fsp3) is 0.704. The van der Waals surface area contributed by atoms with Crippen LogP contribution in [0.2, 0.25) is 37.8 Å². The van der Waals surface area contributed by atoms with Crippen LogP contribution in [0.1, 0.15) is 70.4 Å². The predicted octanol–water partition coefficient (Wildman–Crippen LogP) is 7.40. The highest BCUT2D eigenvalue weighted by molar-refractivity contribution is 6.88. The van der Waals surface area contributed by atoms with Gasteiger partial charge in [0.2, 0.25) is 0 Å². The molecule has 30 heavy (non-hydrogen) atoms. The van der Waals surface area contributed by atoms with Crippen molar-refractivity contribution in [1.29, 1.82) is 0 Å². The first-order valence-corrected chi connectivity index (χ1v) is 18.7. The van der Waals surface area contributed by atoms with Crippen molar-refractivity contribution in [2.24, 2.45) is 11.3 Å². The van der Waals surface area contributed by atoms with Crippen LogP contribution in [-0.4, -0.2) is 22.5 Å². The molecule has 0 saturated heterocycles. The third kappa shape index (κ3) is 3.63. The van der Waals surface area contributed by atoms with Gasteiger partial charge in [0.05, 0.1) is 14.2 Å². The number of rotatable bonds is 3. The Bertz CT molecular complexity index is 855. The third-order valence-electron chi connectivity index (χ3n) is 9.21. The predicted molar refractivity (Wildman–Crippen MR) is 136 cm³/mol. The number of allylic oxidation sites excluding steroid dienone is 2. The van der Waals surface area contributed by atoms with Gasteiger partial charge in [0.15, 0.2) is 8.32 Å². The van der Waals surface area contributed by atoms with E-state index in [2.05, 4.69) is 84.7 Å². The lowest BCUT2D eigenvalue weighted by molar-refractivity contribution is 0.0350. The van der Waals surface area contributed by atoms with Crippen LogP contribution in [-0.2, 0) is 10.8 Å². The Labute approximate surface area is 187 Å². The second-order valence-electron chi connectivity index (χ2n) is 13.2. The van der Waals surface area contributed by atoms with Crippen molar-refractivity contribution in [3.05, 3.63) is 41.0 Å². The van der Waals surface area contributed by atoms with Crippen LogP contribution < -0.4 is 5.19 Å². The zero-order valence-corrected chi connectivity index (χ0v) is 23.0. The number of benzene rings is 1. The summed E-state index contributed by atoms with van der Waals surface area (Å²) in [4.78, 5) is 0. The molecule has 0 spiro atoms. The van der Waals surface area contributed by atoms with Gasteiger partial charge in [0, 0.05) is 5.92 Å². The van der Waals surface area contributed by atoms with Crippen molar-refractivity contribution >= 4 is 21.6 Å². The Morgan fingerprint density at radius 2 is 1.70 bits per heavy atom. The summed E-state index contributed by atoms with van der Waals surface area (Å²) in [5, 5.41) is 1.90. The standard InChI is InChI=1S/C27H44OSi2/c1-26(2,3)30(8,9)28-25-15-14-24-23-12-10-19-18-20(29(5,6)7)11-13-21(19)22(23)16-17-27(24,25)4/h11-13,18,22,24-25H,10,14-17H2,1-9H3/t22-,24-,25-,27-/m0/s1. The van der Waals surface area contributed by atoms with Crippen molar-refractivity contribution in [2.75, 3.05) is 0 Å². The molecule has 3 aliphatic rings. The minimum absolute atomic E-state index is 0.287. The largest absolute Gasteiger partial charge is 0.413 e. The van der Waals surface area contributed by atoms with E-state index in [9.17, 15) is 0 Å². The summed E-state index contributed by atoms with van der Waals surface area (Å²) < 4.78 is 7.05. The summed E-state index contributed by atoms with van der Waals surface area (Å²) >= 11 is 0. The monoisotopic (exact) mass is 440 g/mol. The van der Waals surface area contributed by atoms with Crippen LogP contribution in [0.4, 0.5) is 0 Å². The van der Waals surface area contributed by atoms with Gasteiger partial charge in [-0.15, -0.1) is 0 Å². The number of fused-ring (bicyclic) bond motifs is 5. The molecule has 166 valence electrons. The molecule has 0 heterocycles. The molecule has 3 heteroatoms. The molecule has 0 aliphatic heterocycles. The molecule has 4 rings (SSSR count). The molecule has 2 fully saturated rings. The van der Waals surface area contributed by atoms with Crippen LogP contribution in [0, 0.1) is 11.3 Å². The van der Waals surface area contributed by atoms with E-state index in [1.807, 2.05) is 0 Å². The molecule has 4 atom stereocenters. The van der Waals surface area contributed by atoms with Gasteiger partial charge in [0.1, 0.15) is 0 Å². The summed E-state index contributed by atoms with van der Waals surface area (Å²) in [6.45, 7) is 21.9. The van der Waals surface area contributed by atoms with E-state index < -0.39 is 16.4 Å². The van der Waals surface area contributed by atoms with E-state index in [1.165, 1.54) is 25.7 Å². The Balaban J connectivity index is 1.60. The summed E-state index contributed by atoms with van der Waals surface area (Å²) in [6.07, 6.45) is 9.40. The van der Waals surface area contributed by atoms with Crippen molar-refractivity contribution in [3.63, 3.8) is 0 Å². The summed E-state index contributed by atoms with van der Waals surface area (Å²) in [7, 11) is -2.98. The van der Waals surface area contributed by atoms with E-state index in [0.717, 1.165) is 12.3 Å². The molecule has 0 unspecified atom stereocenters. The average Bonchev–Trinajstić information content (AvgIpc) is 2.95. The molecular formula is C27H44OSi2. The molecule has 1 aromatic rings. The summed E-state index contributed by atoms with van der Waals surface area (Å²) in [5.41, 5.74) is 5.34. The minimum atomic E-state index is -1.73. The van der Waals surface area contributed by atoms with E-state index in [4.69, 9.17) is 4.43 Å². The van der Waals surface area contributed by atoms with Crippen molar-refractivity contribution in [3.8, 4) is 0 Å². The van der Waals surface area contributed by atoms with Gasteiger partial charge in [-0.2, -0.15) is 0 Å². The van der Waals surface area contributed by atoms with Gasteiger partial charge in [-0.1, -0.05) is 82.4 Å². The zero-order chi connectivity index (χ0) is 22.1. The molecular weight excluding hydrogens is 396 g/mol. The van der Waals surface area contributed by atoms with Crippen LogP contribution in [0.5, 0.6) is 0 Å². The first-order chi connectivity index (χ1) is 13.7. The first kappa shape index (κ1) is 22.5. The Morgan fingerprint density at radius 1 is 1.00 bits per heavy atom. The summed E-state index contributed by atoms with van der Waals surface area (Å²) in [5.74, 6) is 1.38. The number of hydrogen-bond acceptors (Lipinski definition) is 1. The molecule has 0 radical (unpaired) electrons. The molecule has 0 bridgehead atoms. The van der Waals surface area contributed by atoms with Crippen LogP contribution in [0.25, 0.3) is 0 Å². The van der Waals surface area contributed by atoms with Crippen molar-refractivity contribution in [1.82, 2.24) is 0 Å². The van der Waals surface area contributed by atoms with E-state index in [-0.39, 0.29) is 5.04 Å². The van der Waals surface area contributed by atoms with Gasteiger partial charge >= 0.3 is 0 Å². The molecule has 0 amide bonds. The molecule has 0 aromatic heterocycles. The van der Waals surface area contributed by atoms with Crippen LogP contribution >= 0.6 is 0 Å².